The molecule has 2 rings (SSSR count). The highest BCUT2D eigenvalue weighted by molar-refractivity contribution is 14.1. The summed E-state index contributed by atoms with van der Waals surface area (Å²) in [6.45, 7) is 3.78. The molecule has 1 heterocycles. The van der Waals surface area contributed by atoms with Gasteiger partial charge in [-0.2, -0.15) is 0 Å². The minimum atomic E-state index is 1.03. The van der Waals surface area contributed by atoms with Gasteiger partial charge in [0.25, 0.3) is 0 Å². The highest BCUT2D eigenvalue weighted by atomic mass is 127. The average Bonchev–Trinajstić information content (AvgIpc) is 2.17. The number of halogens is 1. The monoisotopic (exact) mass is 281 g/mol. The lowest BCUT2D eigenvalue weighted by atomic mass is 10.1. The Labute approximate surface area is 90.6 Å². The standard InChI is InChI=1S/C11H8IN/c1-2-8-5-6-13-11-4-3-9(12)7-10(8)11/h2-7H,1H2. The van der Waals surface area contributed by atoms with E-state index < -0.39 is 0 Å². The first kappa shape index (κ1) is 8.69. The maximum Gasteiger partial charge on any atom is 0.0708 e. The van der Waals surface area contributed by atoms with Gasteiger partial charge in [-0.15, -0.1) is 0 Å². The largest absolute Gasteiger partial charge is 0.256 e. The number of pyridine rings is 1. The number of fused-ring (bicyclic) bond motifs is 1. The molecule has 0 aliphatic rings. The molecule has 0 saturated carbocycles. The van der Waals surface area contributed by atoms with Crippen molar-refractivity contribution < 1.29 is 0 Å². The normalized spacial score (nSPS) is 10.2. The van der Waals surface area contributed by atoms with E-state index in [9.17, 15) is 0 Å². The summed E-state index contributed by atoms with van der Waals surface area (Å²) in [4.78, 5) is 4.28. The van der Waals surface area contributed by atoms with Crippen LogP contribution in [0.1, 0.15) is 5.56 Å². The summed E-state index contributed by atoms with van der Waals surface area (Å²) in [5.41, 5.74) is 2.17. The van der Waals surface area contributed by atoms with Crippen molar-refractivity contribution >= 4 is 39.6 Å². The zero-order valence-corrected chi connectivity index (χ0v) is 9.15. The molecule has 1 aromatic carbocycles. The smallest absolute Gasteiger partial charge is 0.0708 e. The van der Waals surface area contributed by atoms with Crippen LogP contribution in [0, 0.1) is 3.57 Å². The molecule has 2 heteroatoms. The van der Waals surface area contributed by atoms with Gasteiger partial charge in [-0.05, 0) is 52.4 Å². The van der Waals surface area contributed by atoms with Crippen molar-refractivity contribution in [3.8, 4) is 0 Å². The Morgan fingerprint density at radius 2 is 2.15 bits per heavy atom. The molecule has 0 fully saturated rings. The van der Waals surface area contributed by atoms with Gasteiger partial charge >= 0.3 is 0 Å². The average molecular weight is 281 g/mol. The van der Waals surface area contributed by atoms with Crippen LogP contribution in [0.2, 0.25) is 0 Å². The topological polar surface area (TPSA) is 12.9 Å². The van der Waals surface area contributed by atoms with Crippen LogP contribution in [0.5, 0.6) is 0 Å². The molecule has 0 amide bonds. The van der Waals surface area contributed by atoms with Crippen molar-refractivity contribution in [3.63, 3.8) is 0 Å². The van der Waals surface area contributed by atoms with Crippen molar-refractivity contribution in [1.82, 2.24) is 4.98 Å². The lowest BCUT2D eigenvalue weighted by molar-refractivity contribution is 1.40. The SMILES string of the molecule is C=Cc1ccnc2ccc(I)cc12. The van der Waals surface area contributed by atoms with E-state index in [1.165, 1.54) is 8.96 Å². The molecule has 0 N–H and O–H groups in total. The fourth-order valence-corrected chi connectivity index (χ4v) is 1.81. The second-order valence-corrected chi connectivity index (χ2v) is 4.01. The summed E-state index contributed by atoms with van der Waals surface area (Å²) < 4.78 is 1.22. The first-order valence-electron chi connectivity index (χ1n) is 3.98. The fourth-order valence-electron chi connectivity index (χ4n) is 1.32. The molecule has 0 unspecified atom stereocenters. The summed E-state index contributed by atoms with van der Waals surface area (Å²) in [7, 11) is 0. The molecule has 0 bridgehead atoms. The van der Waals surface area contributed by atoms with Gasteiger partial charge in [-0.25, -0.2) is 0 Å². The second kappa shape index (κ2) is 3.46. The van der Waals surface area contributed by atoms with Crippen LogP contribution in [-0.4, -0.2) is 4.98 Å². The minimum Gasteiger partial charge on any atom is -0.256 e. The summed E-state index contributed by atoms with van der Waals surface area (Å²) in [6, 6.07) is 8.19. The molecular weight excluding hydrogens is 273 g/mol. The number of hydrogen-bond donors (Lipinski definition) is 0. The van der Waals surface area contributed by atoms with Gasteiger partial charge in [-0.1, -0.05) is 12.7 Å². The lowest BCUT2D eigenvalue weighted by Gasteiger charge is -2.01. The maximum atomic E-state index is 4.28. The van der Waals surface area contributed by atoms with E-state index in [1.54, 1.807) is 0 Å². The third-order valence-electron chi connectivity index (χ3n) is 1.96. The Morgan fingerprint density at radius 1 is 1.31 bits per heavy atom. The van der Waals surface area contributed by atoms with Gasteiger partial charge in [-0.3, -0.25) is 4.98 Å². The molecule has 0 atom stereocenters. The van der Waals surface area contributed by atoms with Gasteiger partial charge in [0, 0.05) is 15.2 Å². The van der Waals surface area contributed by atoms with Gasteiger partial charge in [0.2, 0.25) is 0 Å². The zero-order valence-electron chi connectivity index (χ0n) is 7.00. The molecule has 0 aliphatic heterocycles. The Morgan fingerprint density at radius 3 is 2.92 bits per heavy atom. The Kier molecular flexibility index (Phi) is 2.31. The molecule has 2 aromatic rings. The number of rotatable bonds is 1. The van der Waals surface area contributed by atoms with E-state index in [2.05, 4.69) is 46.3 Å². The van der Waals surface area contributed by atoms with Crippen LogP contribution in [-0.2, 0) is 0 Å². The highest BCUT2D eigenvalue weighted by Gasteiger charge is 1.98. The van der Waals surface area contributed by atoms with Crippen LogP contribution in [0.3, 0.4) is 0 Å². The molecule has 0 saturated heterocycles. The number of aromatic nitrogens is 1. The van der Waals surface area contributed by atoms with Crippen molar-refractivity contribution in [2.75, 3.05) is 0 Å². The van der Waals surface area contributed by atoms with Crippen LogP contribution in [0.25, 0.3) is 17.0 Å². The van der Waals surface area contributed by atoms with E-state index in [1.807, 2.05) is 24.4 Å². The summed E-state index contributed by atoms with van der Waals surface area (Å²) >= 11 is 2.30. The van der Waals surface area contributed by atoms with Crippen molar-refractivity contribution in [1.29, 1.82) is 0 Å². The molecular formula is C11H8IN. The Bertz CT molecular complexity index is 463. The van der Waals surface area contributed by atoms with Crippen LogP contribution < -0.4 is 0 Å². The molecule has 64 valence electrons. The first-order valence-corrected chi connectivity index (χ1v) is 5.06. The fraction of sp³-hybridized carbons (Fsp3) is 0. The third kappa shape index (κ3) is 1.58. The Balaban J connectivity index is 2.86. The van der Waals surface area contributed by atoms with Crippen molar-refractivity contribution in [2.45, 2.75) is 0 Å². The highest BCUT2D eigenvalue weighted by Crippen LogP contribution is 2.19. The van der Waals surface area contributed by atoms with E-state index in [0.717, 1.165) is 11.1 Å². The van der Waals surface area contributed by atoms with Crippen molar-refractivity contribution in [3.05, 3.63) is 46.2 Å². The van der Waals surface area contributed by atoms with Gasteiger partial charge < -0.3 is 0 Å². The van der Waals surface area contributed by atoms with Crippen LogP contribution in [0.4, 0.5) is 0 Å². The van der Waals surface area contributed by atoms with E-state index in [0.29, 0.717) is 0 Å². The third-order valence-corrected chi connectivity index (χ3v) is 2.63. The maximum absolute atomic E-state index is 4.28. The summed E-state index contributed by atoms with van der Waals surface area (Å²) in [5.74, 6) is 0. The lowest BCUT2D eigenvalue weighted by Crippen LogP contribution is -1.82. The van der Waals surface area contributed by atoms with Gasteiger partial charge in [0.05, 0.1) is 5.52 Å². The van der Waals surface area contributed by atoms with Crippen molar-refractivity contribution in [2.24, 2.45) is 0 Å². The predicted molar refractivity (Wildman–Crippen MR) is 64.6 cm³/mol. The summed E-state index contributed by atoms with van der Waals surface area (Å²) in [5, 5.41) is 1.17. The molecule has 0 radical (unpaired) electrons. The molecule has 0 aliphatic carbocycles. The predicted octanol–water partition coefficient (Wildman–Crippen LogP) is 3.48. The molecule has 13 heavy (non-hydrogen) atoms. The minimum absolute atomic E-state index is 1.03. The summed E-state index contributed by atoms with van der Waals surface area (Å²) in [6.07, 6.45) is 3.67. The molecule has 1 aromatic heterocycles. The van der Waals surface area contributed by atoms with Gasteiger partial charge in [0.15, 0.2) is 0 Å². The first-order chi connectivity index (χ1) is 6.31. The quantitative estimate of drug-likeness (QED) is 0.729. The second-order valence-electron chi connectivity index (χ2n) is 2.77. The Hall–Kier alpha value is -0.900. The van der Waals surface area contributed by atoms with E-state index in [-0.39, 0.29) is 0 Å². The van der Waals surface area contributed by atoms with Crippen LogP contribution in [0.15, 0.2) is 37.0 Å². The molecule has 1 nitrogen and oxygen atoms in total. The zero-order chi connectivity index (χ0) is 9.26. The van der Waals surface area contributed by atoms with Gasteiger partial charge in [0.1, 0.15) is 0 Å². The van der Waals surface area contributed by atoms with Crippen LogP contribution >= 0.6 is 22.6 Å². The number of benzene rings is 1. The molecule has 0 spiro atoms. The number of hydrogen-bond acceptors (Lipinski definition) is 1. The number of nitrogens with zero attached hydrogens (tertiary/aromatic N) is 1. The van der Waals surface area contributed by atoms with E-state index in [4.69, 9.17) is 0 Å². The van der Waals surface area contributed by atoms with E-state index >= 15 is 0 Å².